The Kier molecular flexibility index (Phi) is 5.93. The maximum atomic E-state index is 12.6. The lowest BCUT2D eigenvalue weighted by atomic mass is 10.1. The molecule has 5 nitrogen and oxygen atoms in total. The molecule has 0 aliphatic heterocycles. The van der Waals surface area contributed by atoms with Crippen LogP contribution in [0.25, 0.3) is 11.8 Å². The van der Waals surface area contributed by atoms with Gasteiger partial charge in [0, 0.05) is 5.56 Å². The normalized spacial score (nSPS) is 12.3. The van der Waals surface area contributed by atoms with Crippen LogP contribution >= 0.6 is 11.6 Å². The number of carbonyl (C=O) groups excluding carboxylic acids is 1. The number of rotatable bonds is 5. The van der Waals surface area contributed by atoms with Crippen molar-refractivity contribution in [2.24, 2.45) is 0 Å². The van der Waals surface area contributed by atoms with Crippen LogP contribution in [0.1, 0.15) is 29.8 Å². The molecule has 0 fully saturated rings. The molecular weight excluding hydrogens is 372 g/mol. The van der Waals surface area contributed by atoms with Crippen molar-refractivity contribution in [1.82, 2.24) is 15.1 Å². The maximum absolute atomic E-state index is 12.6. The van der Waals surface area contributed by atoms with Gasteiger partial charge in [0.1, 0.15) is 16.8 Å². The Morgan fingerprint density at radius 1 is 1.18 bits per heavy atom. The Morgan fingerprint density at radius 2 is 1.79 bits per heavy atom. The number of aromatic nitrogens is 2. The maximum Gasteiger partial charge on any atom is 0.262 e. The van der Waals surface area contributed by atoms with Gasteiger partial charge in [-0.05, 0) is 37.6 Å². The molecule has 3 rings (SSSR count). The topological polar surface area (TPSA) is 70.7 Å². The van der Waals surface area contributed by atoms with Crippen LogP contribution < -0.4 is 5.32 Å². The number of nitrogens with one attached hydrogen (secondary N) is 1. The minimum atomic E-state index is -0.457. The number of carbonyl (C=O) groups is 1. The smallest absolute Gasteiger partial charge is 0.262 e. The predicted octanol–water partition coefficient (Wildman–Crippen LogP) is 4.62. The van der Waals surface area contributed by atoms with E-state index in [0.717, 1.165) is 11.3 Å². The SMILES string of the molecule is Cc1nn(-c2ccccc2)c(Cl)c1/C=C(\C#N)C(=O)NC(C)c1ccccc1. The van der Waals surface area contributed by atoms with Crippen molar-refractivity contribution in [1.29, 1.82) is 5.26 Å². The van der Waals surface area contributed by atoms with Crippen molar-refractivity contribution in [3.8, 4) is 11.8 Å². The molecule has 1 aromatic heterocycles. The first kappa shape index (κ1) is 19.4. The van der Waals surface area contributed by atoms with Crippen molar-refractivity contribution in [3.63, 3.8) is 0 Å². The molecule has 1 N–H and O–H groups in total. The van der Waals surface area contributed by atoms with Gasteiger partial charge < -0.3 is 5.32 Å². The highest BCUT2D eigenvalue weighted by molar-refractivity contribution is 6.31. The number of hydrogen-bond acceptors (Lipinski definition) is 3. The zero-order valence-corrected chi connectivity index (χ0v) is 16.3. The molecule has 0 aliphatic rings. The standard InChI is InChI=1S/C22H19ClN4O/c1-15(17-9-5-3-6-10-17)25-22(28)18(14-24)13-20-16(2)26-27(21(20)23)19-11-7-4-8-12-19/h3-13,15H,1-2H3,(H,25,28)/b18-13+. The third-order valence-electron chi connectivity index (χ3n) is 4.35. The van der Waals surface area contributed by atoms with E-state index < -0.39 is 5.91 Å². The Morgan fingerprint density at radius 3 is 2.39 bits per heavy atom. The lowest BCUT2D eigenvalue weighted by Gasteiger charge is -2.13. The van der Waals surface area contributed by atoms with Crippen LogP contribution in [0.2, 0.25) is 5.15 Å². The monoisotopic (exact) mass is 390 g/mol. The Labute approximate surface area is 168 Å². The van der Waals surface area contributed by atoms with E-state index in [9.17, 15) is 10.1 Å². The molecule has 0 spiro atoms. The van der Waals surface area contributed by atoms with E-state index in [1.54, 1.807) is 11.6 Å². The highest BCUT2D eigenvalue weighted by Crippen LogP contribution is 2.26. The van der Waals surface area contributed by atoms with Gasteiger partial charge in [-0.3, -0.25) is 4.79 Å². The molecule has 2 aromatic carbocycles. The third-order valence-corrected chi connectivity index (χ3v) is 4.71. The Bertz CT molecular complexity index is 1050. The number of amides is 1. The number of nitriles is 1. The second kappa shape index (κ2) is 8.55. The van der Waals surface area contributed by atoms with Gasteiger partial charge in [0.2, 0.25) is 0 Å². The Balaban J connectivity index is 1.88. The van der Waals surface area contributed by atoms with Gasteiger partial charge in [-0.1, -0.05) is 60.1 Å². The fourth-order valence-electron chi connectivity index (χ4n) is 2.81. The first-order valence-corrected chi connectivity index (χ1v) is 9.17. The van der Waals surface area contributed by atoms with E-state index >= 15 is 0 Å². The molecule has 28 heavy (non-hydrogen) atoms. The summed E-state index contributed by atoms with van der Waals surface area (Å²) in [7, 11) is 0. The second-order valence-corrected chi connectivity index (χ2v) is 6.67. The molecule has 1 atom stereocenters. The lowest BCUT2D eigenvalue weighted by Crippen LogP contribution is -2.27. The first-order valence-electron chi connectivity index (χ1n) is 8.79. The lowest BCUT2D eigenvalue weighted by molar-refractivity contribution is -0.117. The van der Waals surface area contributed by atoms with Crippen LogP contribution in [-0.4, -0.2) is 15.7 Å². The molecule has 1 unspecified atom stereocenters. The summed E-state index contributed by atoms with van der Waals surface area (Å²) in [5.41, 5.74) is 2.91. The summed E-state index contributed by atoms with van der Waals surface area (Å²) < 4.78 is 1.59. The average molecular weight is 391 g/mol. The van der Waals surface area contributed by atoms with Crippen molar-refractivity contribution in [2.45, 2.75) is 19.9 Å². The number of aryl methyl sites for hydroxylation is 1. The summed E-state index contributed by atoms with van der Waals surface area (Å²) in [6, 6.07) is 20.7. The van der Waals surface area contributed by atoms with Gasteiger partial charge in [-0.15, -0.1) is 0 Å². The van der Waals surface area contributed by atoms with E-state index in [0.29, 0.717) is 16.4 Å². The van der Waals surface area contributed by atoms with Crippen molar-refractivity contribution >= 4 is 23.6 Å². The molecular formula is C22H19ClN4O. The molecule has 0 radical (unpaired) electrons. The van der Waals surface area contributed by atoms with Gasteiger partial charge in [0.05, 0.1) is 17.4 Å². The Hall–Kier alpha value is -3.36. The summed E-state index contributed by atoms with van der Waals surface area (Å²) in [4.78, 5) is 12.6. The number of hydrogen-bond donors (Lipinski definition) is 1. The second-order valence-electron chi connectivity index (χ2n) is 6.31. The molecule has 1 heterocycles. The van der Waals surface area contributed by atoms with Crippen molar-refractivity contribution in [2.75, 3.05) is 0 Å². The molecule has 3 aromatic rings. The largest absolute Gasteiger partial charge is 0.345 e. The van der Waals surface area contributed by atoms with E-state index in [4.69, 9.17) is 11.6 Å². The van der Waals surface area contributed by atoms with Crippen molar-refractivity contribution in [3.05, 3.63) is 88.2 Å². The molecule has 140 valence electrons. The van der Waals surface area contributed by atoms with Gasteiger partial charge in [0.25, 0.3) is 5.91 Å². The van der Waals surface area contributed by atoms with Crippen molar-refractivity contribution < 1.29 is 4.79 Å². The molecule has 6 heteroatoms. The number of nitrogens with zero attached hydrogens (tertiary/aromatic N) is 3. The van der Waals surface area contributed by atoms with Gasteiger partial charge in [-0.25, -0.2) is 4.68 Å². The van der Waals surface area contributed by atoms with E-state index in [-0.39, 0.29) is 11.6 Å². The zero-order chi connectivity index (χ0) is 20.1. The summed E-state index contributed by atoms with van der Waals surface area (Å²) in [5, 5.41) is 17.1. The molecule has 1 amide bonds. The van der Waals surface area contributed by atoms with E-state index in [1.165, 1.54) is 6.08 Å². The van der Waals surface area contributed by atoms with Gasteiger partial charge in [-0.2, -0.15) is 10.4 Å². The summed E-state index contributed by atoms with van der Waals surface area (Å²) in [6.45, 7) is 3.66. The molecule has 0 bridgehead atoms. The average Bonchev–Trinajstić information content (AvgIpc) is 3.01. The fraction of sp³-hybridized carbons (Fsp3) is 0.136. The van der Waals surface area contributed by atoms with Gasteiger partial charge in [0.15, 0.2) is 0 Å². The zero-order valence-electron chi connectivity index (χ0n) is 15.6. The van der Waals surface area contributed by atoms with Crippen LogP contribution in [0.15, 0.2) is 66.2 Å². The highest BCUT2D eigenvalue weighted by atomic mass is 35.5. The summed E-state index contributed by atoms with van der Waals surface area (Å²) in [6.07, 6.45) is 1.48. The quantitative estimate of drug-likeness (QED) is 0.510. The van der Waals surface area contributed by atoms with Crippen LogP contribution in [0.3, 0.4) is 0 Å². The minimum absolute atomic E-state index is 0.0274. The number of halogens is 1. The minimum Gasteiger partial charge on any atom is -0.345 e. The van der Waals surface area contributed by atoms with Crippen LogP contribution in [-0.2, 0) is 4.79 Å². The molecule has 0 saturated carbocycles. The predicted molar refractivity (Wildman–Crippen MR) is 110 cm³/mol. The number of para-hydroxylation sites is 1. The molecule has 0 aliphatic carbocycles. The van der Waals surface area contributed by atoms with Crippen LogP contribution in [0.4, 0.5) is 0 Å². The first-order chi connectivity index (χ1) is 13.5. The van der Waals surface area contributed by atoms with E-state index in [1.807, 2.05) is 73.7 Å². The highest BCUT2D eigenvalue weighted by Gasteiger charge is 2.18. The fourth-order valence-corrected chi connectivity index (χ4v) is 3.13. The van der Waals surface area contributed by atoms with E-state index in [2.05, 4.69) is 10.4 Å². The van der Waals surface area contributed by atoms with Crippen LogP contribution in [0.5, 0.6) is 0 Å². The molecule has 0 saturated heterocycles. The summed E-state index contributed by atoms with van der Waals surface area (Å²) >= 11 is 6.49. The third kappa shape index (κ3) is 4.13. The number of benzene rings is 2. The van der Waals surface area contributed by atoms with Gasteiger partial charge >= 0.3 is 0 Å². The summed E-state index contributed by atoms with van der Waals surface area (Å²) in [5.74, 6) is -0.457. The van der Waals surface area contributed by atoms with Crippen LogP contribution in [0, 0.1) is 18.3 Å².